The van der Waals surface area contributed by atoms with E-state index >= 15 is 0 Å². The fraction of sp³-hybridized carbons (Fsp3) is 0.440. The molecule has 0 amide bonds. The largest absolute Gasteiger partial charge is 0.293 e. The summed E-state index contributed by atoms with van der Waals surface area (Å²) >= 11 is 0. The number of carbonyl (C=O) groups excluding carboxylic acids is 2. The van der Waals surface area contributed by atoms with E-state index in [4.69, 9.17) is 0 Å². The molecule has 2 heteroatoms. The van der Waals surface area contributed by atoms with Crippen molar-refractivity contribution < 1.29 is 9.59 Å². The molecule has 136 valence electrons. The Kier molecular flexibility index (Phi) is 3.16. The minimum absolute atomic E-state index is 0.127. The first-order valence-corrected chi connectivity index (χ1v) is 10.6. The van der Waals surface area contributed by atoms with Gasteiger partial charge in [0.15, 0.2) is 11.6 Å². The zero-order valence-electron chi connectivity index (χ0n) is 15.7. The molecule has 0 saturated heterocycles. The Labute approximate surface area is 160 Å². The normalized spacial score (nSPS) is 21.8. The van der Waals surface area contributed by atoms with E-state index in [0.29, 0.717) is 12.8 Å². The highest BCUT2D eigenvalue weighted by atomic mass is 16.2. The highest BCUT2D eigenvalue weighted by Gasteiger charge is 2.56. The van der Waals surface area contributed by atoms with E-state index in [1.54, 1.807) is 0 Å². The smallest absolute Gasteiger partial charge is 0.178 e. The van der Waals surface area contributed by atoms with Crippen molar-refractivity contribution in [2.75, 3.05) is 0 Å². The van der Waals surface area contributed by atoms with Gasteiger partial charge in [0, 0.05) is 11.1 Å². The molecule has 0 aliphatic heterocycles. The Hall–Kier alpha value is -2.22. The number of carbonyl (C=O) groups is 2. The maximum atomic E-state index is 13.7. The molecule has 2 nitrogen and oxygen atoms in total. The van der Waals surface area contributed by atoms with Gasteiger partial charge in [-0.3, -0.25) is 9.59 Å². The van der Waals surface area contributed by atoms with Gasteiger partial charge in [0.05, 0.1) is 0 Å². The summed E-state index contributed by atoms with van der Waals surface area (Å²) in [5, 5.41) is 0. The molecule has 0 bridgehead atoms. The minimum Gasteiger partial charge on any atom is -0.293 e. The average Bonchev–Trinajstić information content (AvgIpc) is 3.16. The standard InChI is InChI=1S/C25H24O2/c26-23-21-17(11-9-15-5-1-3-7-19(15)21)13-25(23)14-18-12-10-16-6-2-4-8-20(16)22(18)24(25)27/h9-12H,1-8,13-14H2. The van der Waals surface area contributed by atoms with Crippen molar-refractivity contribution in [1.82, 2.24) is 0 Å². The molecular weight excluding hydrogens is 332 g/mol. The van der Waals surface area contributed by atoms with Crippen LogP contribution in [0.3, 0.4) is 0 Å². The molecule has 0 N–H and O–H groups in total. The number of ketones is 2. The first-order valence-electron chi connectivity index (χ1n) is 10.6. The quantitative estimate of drug-likeness (QED) is 0.646. The van der Waals surface area contributed by atoms with Crippen LogP contribution in [-0.2, 0) is 38.5 Å². The van der Waals surface area contributed by atoms with Gasteiger partial charge in [0.2, 0.25) is 0 Å². The number of fused-ring (bicyclic) bond motifs is 6. The lowest BCUT2D eigenvalue weighted by molar-refractivity contribution is 0.0704. The van der Waals surface area contributed by atoms with Crippen molar-refractivity contribution in [3.63, 3.8) is 0 Å². The van der Waals surface area contributed by atoms with E-state index in [-0.39, 0.29) is 11.6 Å². The molecule has 0 unspecified atom stereocenters. The maximum Gasteiger partial charge on any atom is 0.178 e. The lowest BCUT2D eigenvalue weighted by Crippen LogP contribution is -2.35. The van der Waals surface area contributed by atoms with Crippen molar-refractivity contribution in [1.29, 1.82) is 0 Å². The van der Waals surface area contributed by atoms with Crippen molar-refractivity contribution in [2.24, 2.45) is 5.41 Å². The van der Waals surface area contributed by atoms with Crippen LogP contribution in [0.15, 0.2) is 24.3 Å². The van der Waals surface area contributed by atoms with E-state index in [2.05, 4.69) is 24.3 Å². The number of hydrogen-bond acceptors (Lipinski definition) is 2. The van der Waals surface area contributed by atoms with Gasteiger partial charge in [-0.05, 0) is 97.6 Å². The van der Waals surface area contributed by atoms with Crippen LogP contribution < -0.4 is 0 Å². The minimum atomic E-state index is -0.843. The molecule has 4 aliphatic carbocycles. The Morgan fingerprint density at radius 2 is 0.963 bits per heavy atom. The van der Waals surface area contributed by atoms with E-state index in [0.717, 1.165) is 60.8 Å². The highest BCUT2D eigenvalue weighted by molar-refractivity contribution is 6.25. The molecule has 6 rings (SSSR count). The first kappa shape index (κ1) is 15.8. The van der Waals surface area contributed by atoms with Crippen molar-refractivity contribution >= 4 is 11.6 Å². The second-order valence-electron chi connectivity index (χ2n) is 8.98. The molecule has 2 aromatic carbocycles. The topological polar surface area (TPSA) is 34.1 Å². The van der Waals surface area contributed by atoms with Gasteiger partial charge in [-0.15, -0.1) is 0 Å². The predicted molar refractivity (Wildman–Crippen MR) is 105 cm³/mol. The summed E-state index contributed by atoms with van der Waals surface area (Å²) in [4.78, 5) is 27.4. The molecular formula is C25H24O2. The third kappa shape index (κ3) is 1.96. The molecule has 2 aromatic rings. The van der Waals surface area contributed by atoms with Gasteiger partial charge in [-0.25, -0.2) is 0 Å². The van der Waals surface area contributed by atoms with Crippen LogP contribution in [0, 0.1) is 5.41 Å². The van der Waals surface area contributed by atoms with E-state index in [1.165, 1.54) is 35.1 Å². The molecule has 4 aliphatic rings. The first-order chi connectivity index (χ1) is 13.2. The lowest BCUT2D eigenvalue weighted by atomic mass is 9.78. The Bertz CT molecular complexity index is 944. The molecule has 27 heavy (non-hydrogen) atoms. The van der Waals surface area contributed by atoms with Gasteiger partial charge in [-0.2, -0.15) is 0 Å². The molecule has 0 heterocycles. The summed E-state index contributed by atoms with van der Waals surface area (Å²) in [5.41, 5.74) is 8.43. The van der Waals surface area contributed by atoms with E-state index < -0.39 is 5.41 Å². The van der Waals surface area contributed by atoms with E-state index in [1.807, 2.05) is 0 Å². The molecule has 1 spiro atoms. The van der Waals surface area contributed by atoms with Crippen LogP contribution in [0.2, 0.25) is 0 Å². The molecule has 0 saturated carbocycles. The summed E-state index contributed by atoms with van der Waals surface area (Å²) in [6.45, 7) is 0. The fourth-order valence-electron chi connectivity index (χ4n) is 6.23. The maximum absolute atomic E-state index is 13.7. The highest BCUT2D eigenvalue weighted by Crippen LogP contribution is 2.50. The number of aryl methyl sites for hydroxylation is 2. The number of hydrogen-bond donors (Lipinski definition) is 0. The molecule has 0 aromatic heterocycles. The molecule has 0 radical (unpaired) electrons. The monoisotopic (exact) mass is 356 g/mol. The van der Waals surface area contributed by atoms with Crippen molar-refractivity contribution in [3.8, 4) is 0 Å². The van der Waals surface area contributed by atoms with Crippen LogP contribution in [0.4, 0.5) is 0 Å². The second-order valence-corrected chi connectivity index (χ2v) is 8.98. The molecule has 0 fully saturated rings. The number of Topliss-reactive ketones (excluding diaryl/α,β-unsaturated/α-hetero) is 2. The zero-order valence-corrected chi connectivity index (χ0v) is 15.7. The van der Waals surface area contributed by atoms with E-state index in [9.17, 15) is 9.59 Å². The van der Waals surface area contributed by atoms with Gasteiger partial charge in [0.1, 0.15) is 5.41 Å². The van der Waals surface area contributed by atoms with Gasteiger partial charge < -0.3 is 0 Å². The SMILES string of the molecule is O=C1c2c(ccc3c2CCCC3)CC12Cc1ccc3c(c1C2=O)CCCC3. The average molecular weight is 356 g/mol. The Morgan fingerprint density at radius 1 is 0.556 bits per heavy atom. The third-order valence-corrected chi connectivity index (χ3v) is 7.55. The summed E-state index contributed by atoms with van der Waals surface area (Å²) in [5.74, 6) is 0.254. The van der Waals surface area contributed by atoms with Crippen LogP contribution >= 0.6 is 0 Å². The predicted octanol–water partition coefficient (Wildman–Crippen LogP) is 4.61. The van der Waals surface area contributed by atoms with Crippen LogP contribution in [0.5, 0.6) is 0 Å². The Balaban J connectivity index is 1.49. The van der Waals surface area contributed by atoms with Gasteiger partial charge in [-0.1, -0.05) is 24.3 Å². The second kappa shape index (κ2) is 5.41. The number of rotatable bonds is 0. The van der Waals surface area contributed by atoms with Crippen LogP contribution in [0.1, 0.15) is 79.8 Å². The van der Waals surface area contributed by atoms with Crippen molar-refractivity contribution in [2.45, 2.75) is 64.2 Å². The fourth-order valence-corrected chi connectivity index (χ4v) is 6.23. The van der Waals surface area contributed by atoms with Gasteiger partial charge in [0.25, 0.3) is 0 Å². The van der Waals surface area contributed by atoms with Crippen LogP contribution in [-0.4, -0.2) is 11.6 Å². The number of benzene rings is 2. The zero-order chi connectivity index (χ0) is 18.2. The lowest BCUT2D eigenvalue weighted by Gasteiger charge is -2.21. The summed E-state index contributed by atoms with van der Waals surface area (Å²) < 4.78 is 0. The summed E-state index contributed by atoms with van der Waals surface area (Å²) in [7, 11) is 0. The molecule has 0 atom stereocenters. The van der Waals surface area contributed by atoms with Gasteiger partial charge >= 0.3 is 0 Å². The summed E-state index contributed by atoms with van der Waals surface area (Å²) in [6.07, 6.45) is 10.1. The Morgan fingerprint density at radius 3 is 1.44 bits per heavy atom. The summed E-state index contributed by atoms with van der Waals surface area (Å²) in [6, 6.07) is 8.71. The third-order valence-electron chi connectivity index (χ3n) is 7.55. The van der Waals surface area contributed by atoms with Crippen molar-refractivity contribution in [3.05, 3.63) is 68.8 Å². The van der Waals surface area contributed by atoms with Crippen LogP contribution in [0.25, 0.3) is 0 Å².